The molecule has 66 valence electrons. The molecule has 1 fully saturated rings. The summed E-state index contributed by atoms with van der Waals surface area (Å²) in [6.07, 6.45) is 0. The quantitative estimate of drug-likeness (QED) is 0.754. The minimum atomic E-state index is 0.154. The Labute approximate surface area is 86.1 Å². The molecule has 0 radical (unpaired) electrons. The maximum Gasteiger partial charge on any atom is 0.0931 e. The minimum absolute atomic E-state index is 0.154. The largest absolute Gasteiger partial charge is 0.379 e. The van der Waals surface area contributed by atoms with Gasteiger partial charge in [-0.25, -0.2) is 0 Å². The molecule has 1 aliphatic heterocycles. The molecule has 0 N–H and O–H groups in total. The fraction of sp³-hybridized carbons (Fsp3) is 0.500. The third kappa shape index (κ3) is 1.29. The summed E-state index contributed by atoms with van der Waals surface area (Å²) >= 11 is 11.8. The molecule has 12 heavy (non-hydrogen) atoms. The fourth-order valence-corrected chi connectivity index (χ4v) is 2.92. The van der Waals surface area contributed by atoms with E-state index in [9.17, 15) is 0 Å². The van der Waals surface area contributed by atoms with Gasteiger partial charge in [-0.15, -0.1) is 11.3 Å². The first-order chi connectivity index (χ1) is 5.77. The van der Waals surface area contributed by atoms with Crippen molar-refractivity contribution < 1.29 is 4.74 Å². The standard InChI is InChI=1S/C8H9ClOS2/c9-7-2-1-6(12-7)8(5-11)3-10-4-8/h1-2,11H,3-5H2. The van der Waals surface area contributed by atoms with E-state index in [2.05, 4.69) is 18.7 Å². The molecule has 1 aromatic heterocycles. The van der Waals surface area contributed by atoms with Crippen LogP contribution in [-0.4, -0.2) is 19.0 Å². The molecule has 0 spiro atoms. The number of thiophene rings is 1. The van der Waals surface area contributed by atoms with Gasteiger partial charge < -0.3 is 4.74 Å². The van der Waals surface area contributed by atoms with E-state index in [-0.39, 0.29) is 5.41 Å². The maximum atomic E-state index is 5.86. The molecule has 1 nitrogen and oxygen atoms in total. The van der Waals surface area contributed by atoms with E-state index in [1.165, 1.54) is 4.88 Å². The van der Waals surface area contributed by atoms with Gasteiger partial charge in [0, 0.05) is 10.6 Å². The predicted molar refractivity (Wildman–Crippen MR) is 55.7 cm³/mol. The average molecular weight is 221 g/mol. The number of rotatable bonds is 2. The first-order valence-corrected chi connectivity index (χ1v) is 5.54. The molecule has 2 heterocycles. The summed E-state index contributed by atoms with van der Waals surface area (Å²) in [6.45, 7) is 1.57. The molecule has 0 bridgehead atoms. The van der Waals surface area contributed by atoms with Crippen LogP contribution >= 0.6 is 35.6 Å². The lowest BCUT2D eigenvalue weighted by molar-refractivity contribution is -0.0452. The molecule has 0 saturated carbocycles. The van der Waals surface area contributed by atoms with E-state index >= 15 is 0 Å². The van der Waals surface area contributed by atoms with Crippen molar-refractivity contribution in [3.63, 3.8) is 0 Å². The molecular weight excluding hydrogens is 212 g/mol. The number of halogens is 1. The van der Waals surface area contributed by atoms with Crippen LogP contribution in [0, 0.1) is 0 Å². The van der Waals surface area contributed by atoms with Crippen molar-refractivity contribution in [3.05, 3.63) is 21.3 Å². The summed E-state index contributed by atoms with van der Waals surface area (Å²) in [5, 5.41) is 0. The second-order valence-electron chi connectivity index (χ2n) is 3.04. The highest BCUT2D eigenvalue weighted by molar-refractivity contribution is 7.80. The highest BCUT2D eigenvalue weighted by Gasteiger charge is 2.40. The van der Waals surface area contributed by atoms with Crippen LogP contribution in [0.2, 0.25) is 4.34 Å². The Morgan fingerprint density at radius 2 is 2.33 bits per heavy atom. The number of ether oxygens (including phenoxy) is 1. The van der Waals surface area contributed by atoms with E-state index in [0.717, 1.165) is 23.3 Å². The van der Waals surface area contributed by atoms with Gasteiger partial charge in [0.25, 0.3) is 0 Å². The van der Waals surface area contributed by atoms with Crippen molar-refractivity contribution in [2.24, 2.45) is 0 Å². The first kappa shape index (κ1) is 8.88. The lowest BCUT2D eigenvalue weighted by Crippen LogP contribution is -2.47. The first-order valence-electron chi connectivity index (χ1n) is 3.71. The summed E-state index contributed by atoms with van der Waals surface area (Å²) in [5.41, 5.74) is 0.154. The van der Waals surface area contributed by atoms with Gasteiger partial charge in [0.1, 0.15) is 0 Å². The van der Waals surface area contributed by atoms with E-state index in [1.54, 1.807) is 11.3 Å². The second kappa shape index (κ2) is 3.22. The van der Waals surface area contributed by atoms with E-state index in [0.29, 0.717) is 0 Å². The van der Waals surface area contributed by atoms with E-state index in [4.69, 9.17) is 16.3 Å². The van der Waals surface area contributed by atoms with Crippen LogP contribution in [0.15, 0.2) is 12.1 Å². The Kier molecular flexibility index (Phi) is 2.38. The van der Waals surface area contributed by atoms with Gasteiger partial charge in [0.15, 0.2) is 0 Å². The summed E-state index contributed by atoms with van der Waals surface area (Å²) in [4.78, 5) is 1.30. The number of thiol groups is 1. The van der Waals surface area contributed by atoms with Crippen molar-refractivity contribution in [1.29, 1.82) is 0 Å². The zero-order valence-electron chi connectivity index (χ0n) is 6.42. The molecule has 1 saturated heterocycles. The molecule has 0 aliphatic carbocycles. The SMILES string of the molecule is SCC1(c2ccc(Cl)s2)COC1. The summed E-state index contributed by atoms with van der Waals surface area (Å²) in [7, 11) is 0. The van der Waals surface area contributed by atoms with Crippen molar-refractivity contribution in [3.8, 4) is 0 Å². The molecule has 0 unspecified atom stereocenters. The molecule has 1 aromatic rings. The van der Waals surface area contributed by atoms with Gasteiger partial charge in [-0.3, -0.25) is 0 Å². The van der Waals surface area contributed by atoms with Gasteiger partial charge in [-0.1, -0.05) is 11.6 Å². The second-order valence-corrected chi connectivity index (χ2v) is 5.07. The minimum Gasteiger partial charge on any atom is -0.379 e. The van der Waals surface area contributed by atoms with Crippen molar-refractivity contribution in [2.45, 2.75) is 5.41 Å². The number of hydrogen-bond acceptors (Lipinski definition) is 3. The molecule has 4 heteroatoms. The summed E-state index contributed by atoms with van der Waals surface area (Å²) in [5.74, 6) is 0.837. The zero-order chi connectivity index (χ0) is 8.60. The number of hydrogen-bond donors (Lipinski definition) is 1. The van der Waals surface area contributed by atoms with Crippen LogP contribution in [0.3, 0.4) is 0 Å². The predicted octanol–water partition coefficient (Wildman–Crippen LogP) is 2.60. The van der Waals surface area contributed by atoms with Gasteiger partial charge >= 0.3 is 0 Å². The Morgan fingerprint density at radius 1 is 1.58 bits per heavy atom. The van der Waals surface area contributed by atoms with Crippen LogP contribution in [-0.2, 0) is 10.2 Å². The van der Waals surface area contributed by atoms with Crippen LogP contribution in [0.1, 0.15) is 4.88 Å². The van der Waals surface area contributed by atoms with Crippen LogP contribution in [0.5, 0.6) is 0 Å². The normalized spacial score (nSPS) is 20.5. The van der Waals surface area contributed by atoms with Crippen LogP contribution in [0.25, 0.3) is 0 Å². The lowest BCUT2D eigenvalue weighted by atomic mass is 9.87. The molecule has 0 amide bonds. The molecular formula is C8H9ClOS2. The van der Waals surface area contributed by atoms with Crippen LogP contribution < -0.4 is 0 Å². The smallest absolute Gasteiger partial charge is 0.0931 e. The lowest BCUT2D eigenvalue weighted by Gasteiger charge is -2.39. The van der Waals surface area contributed by atoms with Gasteiger partial charge in [0.2, 0.25) is 0 Å². The third-order valence-electron chi connectivity index (χ3n) is 2.16. The van der Waals surface area contributed by atoms with Gasteiger partial charge in [-0.2, -0.15) is 12.6 Å². The Morgan fingerprint density at radius 3 is 2.67 bits per heavy atom. The monoisotopic (exact) mass is 220 g/mol. The highest BCUT2D eigenvalue weighted by Crippen LogP contribution is 2.38. The van der Waals surface area contributed by atoms with Crippen LogP contribution in [0.4, 0.5) is 0 Å². The van der Waals surface area contributed by atoms with Crippen molar-refractivity contribution in [2.75, 3.05) is 19.0 Å². The van der Waals surface area contributed by atoms with E-state index in [1.807, 2.05) is 6.07 Å². The Hall–Kier alpha value is 0.300. The van der Waals surface area contributed by atoms with Gasteiger partial charge in [-0.05, 0) is 12.1 Å². The molecule has 0 aromatic carbocycles. The van der Waals surface area contributed by atoms with E-state index < -0.39 is 0 Å². The average Bonchev–Trinajstić information content (AvgIpc) is 2.35. The van der Waals surface area contributed by atoms with Crippen molar-refractivity contribution in [1.82, 2.24) is 0 Å². The summed E-state index contributed by atoms with van der Waals surface area (Å²) < 4.78 is 6.05. The zero-order valence-corrected chi connectivity index (χ0v) is 8.88. The maximum absolute atomic E-state index is 5.86. The Balaban J connectivity index is 2.27. The van der Waals surface area contributed by atoms with Crippen molar-refractivity contribution >= 4 is 35.6 Å². The topological polar surface area (TPSA) is 9.23 Å². The Bertz CT molecular complexity index is 275. The fourth-order valence-electron chi connectivity index (χ4n) is 1.26. The molecule has 2 rings (SSSR count). The molecule has 1 aliphatic rings. The molecule has 0 atom stereocenters. The van der Waals surface area contributed by atoms with Gasteiger partial charge in [0.05, 0.1) is 23.0 Å². The summed E-state index contributed by atoms with van der Waals surface area (Å²) in [6, 6.07) is 4.01. The highest BCUT2D eigenvalue weighted by atomic mass is 35.5. The third-order valence-corrected chi connectivity index (χ3v) is 4.24.